The van der Waals surface area contributed by atoms with Crippen molar-refractivity contribution in [3.05, 3.63) is 111 Å². The second-order valence-electron chi connectivity index (χ2n) is 10.8. The first kappa shape index (κ1) is 32.2. The lowest BCUT2D eigenvalue weighted by Crippen LogP contribution is -2.16. The maximum atomic E-state index is 13.1. The van der Waals surface area contributed by atoms with Crippen molar-refractivity contribution in [2.75, 3.05) is 13.2 Å². The Hall–Kier alpha value is -4.32. The first-order chi connectivity index (χ1) is 20.1. The molecule has 0 unspecified atom stereocenters. The van der Waals surface area contributed by atoms with Crippen LogP contribution in [-0.4, -0.2) is 19.2 Å². The van der Waals surface area contributed by atoms with Crippen LogP contribution in [0, 0.1) is 0 Å². The number of esters is 1. The molecule has 3 aromatic rings. The van der Waals surface area contributed by atoms with Gasteiger partial charge in [0.05, 0.1) is 10.9 Å². The zero-order valence-electron chi connectivity index (χ0n) is 25.6. The van der Waals surface area contributed by atoms with Crippen LogP contribution in [0.2, 0.25) is 0 Å². The van der Waals surface area contributed by atoms with Crippen LogP contribution in [0.1, 0.15) is 77.6 Å². The predicted octanol–water partition coefficient (Wildman–Crippen LogP) is 9.16. The molecule has 0 aliphatic rings. The van der Waals surface area contributed by atoms with Gasteiger partial charge in [-0.05, 0) is 104 Å². The van der Waals surface area contributed by atoms with Crippen LogP contribution < -0.4 is 19.8 Å². The molecule has 0 fully saturated rings. The third kappa shape index (κ3) is 10.3. The molecule has 2 aromatic carbocycles. The molecule has 0 aliphatic heterocycles. The average Bonchev–Trinajstić information content (AvgIpc) is 2.94. The molecule has 0 aliphatic carbocycles. The maximum Gasteiger partial charge on any atom is 0.383 e. The molecule has 0 amide bonds. The molecule has 222 valence electrons. The summed E-state index contributed by atoms with van der Waals surface area (Å²) in [5.74, 6) is -0.253. The van der Waals surface area contributed by atoms with Crippen molar-refractivity contribution in [2.24, 2.45) is 0 Å². The van der Waals surface area contributed by atoms with E-state index in [9.17, 15) is 9.59 Å². The fraction of sp³-hybridized carbons (Fsp3) is 0.333. The summed E-state index contributed by atoms with van der Waals surface area (Å²) in [6.07, 6.45) is 12.2. The molecule has 1 heterocycles. The molecule has 0 radical (unpaired) electrons. The number of benzene rings is 2. The minimum atomic E-state index is -0.807. The Morgan fingerprint density at radius 3 is 1.93 bits per heavy atom. The fourth-order valence-electron chi connectivity index (χ4n) is 4.11. The molecule has 1 aromatic heterocycles. The van der Waals surface area contributed by atoms with E-state index in [4.69, 9.17) is 18.6 Å². The molecule has 0 N–H and O–H groups in total. The highest BCUT2D eigenvalue weighted by atomic mass is 16.6. The topological polar surface area (TPSA) is 75.0 Å². The van der Waals surface area contributed by atoms with Crippen LogP contribution in [0.5, 0.6) is 17.2 Å². The molecule has 3 rings (SSSR count). The van der Waals surface area contributed by atoms with Crippen molar-refractivity contribution in [3.8, 4) is 17.2 Å². The highest BCUT2D eigenvalue weighted by molar-refractivity contribution is 5.93. The van der Waals surface area contributed by atoms with E-state index in [0.29, 0.717) is 23.3 Å². The van der Waals surface area contributed by atoms with Gasteiger partial charge in [0.2, 0.25) is 0 Å². The predicted molar refractivity (Wildman–Crippen MR) is 170 cm³/mol. The van der Waals surface area contributed by atoms with Crippen LogP contribution in [0.4, 0.5) is 0 Å². The van der Waals surface area contributed by atoms with Crippen molar-refractivity contribution in [1.29, 1.82) is 0 Å². The van der Waals surface area contributed by atoms with Gasteiger partial charge in [0.15, 0.2) is 5.75 Å². The molecule has 0 atom stereocenters. The van der Waals surface area contributed by atoms with E-state index < -0.39 is 11.6 Å². The van der Waals surface area contributed by atoms with Crippen LogP contribution in [0.25, 0.3) is 11.0 Å². The van der Waals surface area contributed by atoms with Crippen molar-refractivity contribution in [2.45, 2.75) is 67.2 Å². The number of fused-ring (bicyclic) bond motifs is 1. The van der Waals surface area contributed by atoms with E-state index in [2.05, 4.69) is 46.8 Å². The highest BCUT2D eigenvalue weighted by Crippen LogP contribution is 2.35. The molecule has 6 heteroatoms. The summed E-state index contributed by atoms with van der Waals surface area (Å²) >= 11 is 0. The monoisotopic (exact) mass is 570 g/mol. The Labute approximate surface area is 249 Å². The number of hydrogen-bond donors (Lipinski definition) is 0. The standard InChI is InChI=1S/C36H42O6/c1-25(2)12-10-14-27(5)20-22-39-30-18-19-31-32(24-30)41-36(38)34(42-35(37)29-16-8-7-9-17-29)33(31)40-23-21-28(6)15-11-13-26(3)4/h7-9,12-13,16-21,24H,10-11,14-15,22-23H2,1-6H3. The Morgan fingerprint density at radius 2 is 1.33 bits per heavy atom. The minimum Gasteiger partial charge on any atom is -0.489 e. The van der Waals surface area contributed by atoms with Crippen LogP contribution >= 0.6 is 0 Å². The van der Waals surface area contributed by atoms with E-state index in [1.165, 1.54) is 16.7 Å². The number of carbonyl (C=O) groups is 1. The SMILES string of the molecule is CC(C)=CCCC(C)=CCOc1ccc2c(OCC=C(C)CCC=C(C)C)c(OC(=O)c3ccccc3)c(=O)oc2c1. The summed E-state index contributed by atoms with van der Waals surface area (Å²) in [6.45, 7) is 13.1. The summed E-state index contributed by atoms with van der Waals surface area (Å²) in [5, 5.41) is 0.502. The van der Waals surface area contributed by atoms with Gasteiger partial charge in [0.1, 0.15) is 24.5 Å². The fourth-order valence-corrected chi connectivity index (χ4v) is 4.11. The summed E-state index contributed by atoms with van der Waals surface area (Å²) < 4.78 is 23.1. The Kier molecular flexibility index (Phi) is 12.4. The van der Waals surface area contributed by atoms with Gasteiger partial charge < -0.3 is 18.6 Å². The van der Waals surface area contributed by atoms with Gasteiger partial charge in [-0.1, -0.05) is 52.6 Å². The zero-order valence-corrected chi connectivity index (χ0v) is 25.6. The Bertz CT molecular complexity index is 1530. The van der Waals surface area contributed by atoms with Gasteiger partial charge in [-0.15, -0.1) is 0 Å². The van der Waals surface area contributed by atoms with E-state index in [1.54, 1.807) is 48.5 Å². The molecule has 42 heavy (non-hydrogen) atoms. The summed E-state index contributed by atoms with van der Waals surface area (Å²) in [6, 6.07) is 13.7. The summed E-state index contributed by atoms with van der Waals surface area (Å²) in [4.78, 5) is 25.9. The van der Waals surface area contributed by atoms with E-state index >= 15 is 0 Å². The van der Waals surface area contributed by atoms with Gasteiger partial charge in [-0.25, -0.2) is 9.59 Å². The quantitative estimate of drug-likeness (QED) is 0.109. The molecular weight excluding hydrogens is 528 g/mol. The van der Waals surface area contributed by atoms with Gasteiger partial charge in [-0.2, -0.15) is 0 Å². The largest absolute Gasteiger partial charge is 0.489 e. The number of rotatable bonds is 14. The highest BCUT2D eigenvalue weighted by Gasteiger charge is 2.22. The molecule has 0 saturated heterocycles. The lowest BCUT2D eigenvalue weighted by molar-refractivity contribution is 0.0722. The van der Waals surface area contributed by atoms with Gasteiger partial charge in [0.25, 0.3) is 5.75 Å². The number of ether oxygens (including phenoxy) is 3. The van der Waals surface area contributed by atoms with Crippen molar-refractivity contribution < 1.29 is 23.4 Å². The zero-order chi connectivity index (χ0) is 30.5. The van der Waals surface area contributed by atoms with Crippen molar-refractivity contribution in [3.63, 3.8) is 0 Å². The normalized spacial score (nSPS) is 11.7. The van der Waals surface area contributed by atoms with Crippen LogP contribution in [-0.2, 0) is 0 Å². The Morgan fingerprint density at radius 1 is 0.738 bits per heavy atom. The van der Waals surface area contributed by atoms with Gasteiger partial charge in [-0.3, -0.25) is 0 Å². The molecule has 6 nitrogen and oxygen atoms in total. The molecular formula is C36H42O6. The second kappa shape index (κ2) is 16.2. The summed E-state index contributed by atoms with van der Waals surface area (Å²) in [5.41, 5.74) is 4.76. The molecule has 0 spiro atoms. The van der Waals surface area contributed by atoms with Crippen molar-refractivity contribution >= 4 is 16.9 Å². The average molecular weight is 571 g/mol. The third-order valence-electron chi connectivity index (χ3n) is 6.52. The molecule has 0 saturated carbocycles. The first-order valence-corrected chi connectivity index (χ1v) is 14.4. The van der Waals surface area contributed by atoms with Gasteiger partial charge >= 0.3 is 11.6 Å². The van der Waals surface area contributed by atoms with Crippen molar-refractivity contribution in [1.82, 2.24) is 0 Å². The minimum absolute atomic E-state index is 0.153. The first-order valence-electron chi connectivity index (χ1n) is 14.4. The second-order valence-corrected chi connectivity index (χ2v) is 10.8. The Balaban J connectivity index is 1.86. The molecule has 0 bridgehead atoms. The van der Waals surface area contributed by atoms with E-state index in [0.717, 1.165) is 31.3 Å². The smallest absolute Gasteiger partial charge is 0.383 e. The maximum absolute atomic E-state index is 13.1. The van der Waals surface area contributed by atoms with E-state index in [-0.39, 0.29) is 23.7 Å². The summed E-state index contributed by atoms with van der Waals surface area (Å²) in [7, 11) is 0. The number of hydrogen-bond acceptors (Lipinski definition) is 6. The lowest BCUT2D eigenvalue weighted by atomic mass is 10.1. The lowest BCUT2D eigenvalue weighted by Gasteiger charge is -2.13. The van der Waals surface area contributed by atoms with Gasteiger partial charge in [0, 0.05) is 6.07 Å². The number of allylic oxidation sites excluding steroid dienone is 6. The van der Waals surface area contributed by atoms with Crippen LogP contribution in [0.3, 0.4) is 0 Å². The van der Waals surface area contributed by atoms with Crippen LogP contribution in [0.15, 0.2) is 104 Å². The third-order valence-corrected chi connectivity index (χ3v) is 6.52. The van der Waals surface area contributed by atoms with E-state index in [1.807, 2.05) is 19.1 Å². The number of carbonyl (C=O) groups excluding carboxylic acids is 1.